The van der Waals surface area contributed by atoms with Crippen molar-refractivity contribution in [2.75, 3.05) is 31.6 Å². The lowest BCUT2D eigenvalue weighted by molar-refractivity contribution is 0.214. The van der Waals surface area contributed by atoms with Gasteiger partial charge >= 0.3 is 0 Å². The molecule has 0 unspecified atom stereocenters. The van der Waals surface area contributed by atoms with Gasteiger partial charge in [0.2, 0.25) is 0 Å². The summed E-state index contributed by atoms with van der Waals surface area (Å²) in [5.41, 5.74) is 4.49. The molecule has 2 N–H and O–H groups in total. The molecule has 1 aliphatic heterocycles. The van der Waals surface area contributed by atoms with Crippen LogP contribution in [0.15, 0.2) is 42.5 Å². The van der Waals surface area contributed by atoms with E-state index in [2.05, 4.69) is 71.5 Å². The Hall–Kier alpha value is -2.53. The van der Waals surface area contributed by atoms with Crippen molar-refractivity contribution in [3.05, 3.63) is 53.9 Å². The lowest BCUT2D eigenvalue weighted by Crippen LogP contribution is -2.29. The van der Waals surface area contributed by atoms with Gasteiger partial charge in [-0.3, -0.25) is 4.90 Å². The van der Waals surface area contributed by atoms with Crippen molar-refractivity contribution in [3.8, 4) is 5.75 Å². The summed E-state index contributed by atoms with van der Waals surface area (Å²) in [4.78, 5) is 10.7. The molecule has 172 valence electrons. The van der Waals surface area contributed by atoms with Gasteiger partial charge in [0.05, 0.1) is 11.0 Å². The van der Waals surface area contributed by atoms with Gasteiger partial charge in [0.25, 0.3) is 0 Å². The van der Waals surface area contributed by atoms with Crippen LogP contribution < -0.4 is 10.1 Å². The van der Waals surface area contributed by atoms with Crippen LogP contribution in [0.4, 0.5) is 5.69 Å². The van der Waals surface area contributed by atoms with Crippen molar-refractivity contribution < 1.29 is 4.74 Å². The molecule has 2 heterocycles. The van der Waals surface area contributed by atoms with Crippen LogP contribution in [0.3, 0.4) is 0 Å². The second-order valence-corrected chi connectivity index (χ2v) is 9.45. The fourth-order valence-corrected chi connectivity index (χ4v) is 4.28. The summed E-state index contributed by atoms with van der Waals surface area (Å²) in [5, 5.41) is 3.53. The first kappa shape index (κ1) is 22.7. The van der Waals surface area contributed by atoms with Crippen LogP contribution >= 0.6 is 0 Å². The van der Waals surface area contributed by atoms with E-state index in [1.807, 2.05) is 0 Å². The molecule has 0 bridgehead atoms. The lowest BCUT2D eigenvalue weighted by Gasteiger charge is -2.19. The van der Waals surface area contributed by atoms with E-state index < -0.39 is 0 Å². The van der Waals surface area contributed by atoms with Crippen molar-refractivity contribution in [1.82, 2.24) is 14.9 Å². The maximum absolute atomic E-state index is 5.98. The molecule has 1 aliphatic rings. The Morgan fingerprint density at radius 3 is 2.56 bits per heavy atom. The Labute approximate surface area is 192 Å². The number of aromatic nitrogens is 2. The molecule has 0 radical (unpaired) electrons. The van der Waals surface area contributed by atoms with Gasteiger partial charge in [-0.25, -0.2) is 4.98 Å². The van der Waals surface area contributed by atoms with E-state index in [1.54, 1.807) is 0 Å². The maximum atomic E-state index is 5.98. The topological polar surface area (TPSA) is 53.2 Å². The third-order valence-electron chi connectivity index (χ3n) is 6.28. The smallest absolute Gasteiger partial charge is 0.119 e. The molecule has 32 heavy (non-hydrogen) atoms. The molecular weight excluding hydrogens is 396 g/mol. The molecular formula is C27H38N4O. The number of rotatable bonds is 10. The minimum absolute atomic E-state index is 0.691. The van der Waals surface area contributed by atoms with Gasteiger partial charge in [-0.1, -0.05) is 38.8 Å². The number of anilines is 1. The fraction of sp³-hybridized carbons (Fsp3) is 0.519. The molecule has 0 spiro atoms. The Balaban J connectivity index is 1.24. The summed E-state index contributed by atoms with van der Waals surface area (Å²) in [5.74, 6) is 2.73. The number of likely N-dealkylation sites (tertiary alicyclic amines) is 1. The molecule has 0 saturated carbocycles. The number of hydrogen-bond donors (Lipinski definition) is 2. The largest absolute Gasteiger partial charge is 0.492 e. The summed E-state index contributed by atoms with van der Waals surface area (Å²) < 4.78 is 5.98. The standard InChI is InChI=1S/C27H38N4O/c1-21(2)7-14-27-29-25-13-10-23(19-26(25)30-27)28-20-22-8-11-24(12-9-22)32-18-17-31-15-5-3-4-6-16-31/h8-13,19,21,28H,3-7,14-18,20H2,1-2H3,(H,29,30). The van der Waals surface area contributed by atoms with Crippen LogP contribution in [0, 0.1) is 5.92 Å². The highest BCUT2D eigenvalue weighted by molar-refractivity contribution is 5.79. The van der Waals surface area contributed by atoms with Crippen LogP contribution in [0.5, 0.6) is 5.75 Å². The Morgan fingerprint density at radius 2 is 1.81 bits per heavy atom. The molecule has 5 heteroatoms. The zero-order valence-electron chi connectivity index (χ0n) is 19.7. The molecule has 3 aromatic rings. The first-order valence-electron chi connectivity index (χ1n) is 12.3. The van der Waals surface area contributed by atoms with E-state index in [-0.39, 0.29) is 0 Å². The number of imidazole rings is 1. The van der Waals surface area contributed by atoms with E-state index in [1.165, 1.54) is 44.3 Å². The van der Waals surface area contributed by atoms with Gasteiger partial charge in [0.1, 0.15) is 18.2 Å². The summed E-state index contributed by atoms with van der Waals surface area (Å²) >= 11 is 0. The monoisotopic (exact) mass is 434 g/mol. The van der Waals surface area contributed by atoms with Crippen LogP contribution in [0.2, 0.25) is 0 Å². The van der Waals surface area contributed by atoms with Crippen molar-refractivity contribution in [3.63, 3.8) is 0 Å². The number of nitrogens with one attached hydrogen (secondary N) is 2. The SMILES string of the molecule is CC(C)CCc1nc2ccc(NCc3ccc(OCCN4CCCCCC4)cc3)cc2[nH]1. The highest BCUT2D eigenvalue weighted by Crippen LogP contribution is 2.20. The van der Waals surface area contributed by atoms with Crippen molar-refractivity contribution in [2.45, 2.75) is 58.9 Å². The van der Waals surface area contributed by atoms with Crippen LogP contribution in [0.1, 0.15) is 57.3 Å². The molecule has 2 aromatic carbocycles. The molecule has 1 aromatic heterocycles. The second kappa shape index (κ2) is 11.4. The highest BCUT2D eigenvalue weighted by atomic mass is 16.5. The number of benzene rings is 2. The second-order valence-electron chi connectivity index (χ2n) is 9.45. The minimum atomic E-state index is 0.691. The van der Waals surface area contributed by atoms with Gasteiger partial charge < -0.3 is 15.0 Å². The number of nitrogens with zero attached hydrogens (tertiary/aromatic N) is 2. The molecule has 0 amide bonds. The summed E-state index contributed by atoms with van der Waals surface area (Å²) in [6.07, 6.45) is 7.57. The normalized spacial score (nSPS) is 15.2. The average Bonchev–Trinajstić information content (AvgIpc) is 3.02. The van der Waals surface area contributed by atoms with E-state index in [9.17, 15) is 0 Å². The molecule has 1 saturated heterocycles. The molecule has 0 atom stereocenters. The number of ether oxygens (including phenoxy) is 1. The van der Waals surface area contributed by atoms with Crippen LogP contribution in [-0.4, -0.2) is 41.1 Å². The van der Waals surface area contributed by atoms with E-state index >= 15 is 0 Å². The number of hydrogen-bond acceptors (Lipinski definition) is 4. The minimum Gasteiger partial charge on any atom is -0.492 e. The molecule has 1 fully saturated rings. The number of H-pyrrole nitrogens is 1. The first-order chi connectivity index (χ1) is 15.7. The Morgan fingerprint density at radius 1 is 1.03 bits per heavy atom. The van der Waals surface area contributed by atoms with Gasteiger partial charge in [-0.2, -0.15) is 0 Å². The summed E-state index contributed by atoms with van der Waals surface area (Å²) in [6.45, 7) is 9.52. The van der Waals surface area contributed by atoms with Crippen molar-refractivity contribution in [2.24, 2.45) is 5.92 Å². The third-order valence-corrected chi connectivity index (χ3v) is 6.28. The third kappa shape index (κ3) is 6.73. The lowest BCUT2D eigenvalue weighted by atomic mass is 10.1. The maximum Gasteiger partial charge on any atom is 0.119 e. The first-order valence-corrected chi connectivity index (χ1v) is 12.3. The number of aromatic amines is 1. The highest BCUT2D eigenvalue weighted by Gasteiger charge is 2.09. The number of aryl methyl sites for hydroxylation is 1. The summed E-state index contributed by atoms with van der Waals surface area (Å²) in [7, 11) is 0. The van der Waals surface area contributed by atoms with Crippen molar-refractivity contribution >= 4 is 16.7 Å². The molecule has 5 nitrogen and oxygen atoms in total. The molecule has 4 rings (SSSR count). The van der Waals surface area contributed by atoms with E-state index in [0.29, 0.717) is 5.92 Å². The van der Waals surface area contributed by atoms with Crippen LogP contribution in [0.25, 0.3) is 11.0 Å². The van der Waals surface area contributed by atoms with E-state index in [0.717, 1.165) is 60.8 Å². The zero-order valence-corrected chi connectivity index (χ0v) is 19.7. The van der Waals surface area contributed by atoms with Gasteiger partial charge in [-0.15, -0.1) is 0 Å². The van der Waals surface area contributed by atoms with Crippen LogP contribution in [-0.2, 0) is 13.0 Å². The average molecular weight is 435 g/mol. The fourth-order valence-electron chi connectivity index (χ4n) is 4.28. The molecule has 0 aliphatic carbocycles. The van der Waals surface area contributed by atoms with Gasteiger partial charge in [0.15, 0.2) is 0 Å². The summed E-state index contributed by atoms with van der Waals surface area (Å²) in [6, 6.07) is 14.8. The predicted molar refractivity (Wildman–Crippen MR) is 133 cm³/mol. The van der Waals surface area contributed by atoms with E-state index in [4.69, 9.17) is 9.72 Å². The van der Waals surface area contributed by atoms with Gasteiger partial charge in [-0.05, 0) is 74.2 Å². The number of fused-ring (bicyclic) bond motifs is 1. The Kier molecular flexibility index (Phi) is 8.05. The van der Waals surface area contributed by atoms with Crippen molar-refractivity contribution in [1.29, 1.82) is 0 Å². The quantitative estimate of drug-likeness (QED) is 0.410. The Bertz CT molecular complexity index is 955. The van der Waals surface area contributed by atoms with Gasteiger partial charge in [0, 0.05) is 25.2 Å². The predicted octanol–water partition coefficient (Wildman–Crippen LogP) is 6.02. The zero-order chi connectivity index (χ0) is 22.2.